The summed E-state index contributed by atoms with van der Waals surface area (Å²) in [7, 11) is 0. The SMILES string of the molecule is O=C(OCc1ccccc1F)c1csc(COc2ccc(F)cc2)n1. The lowest BCUT2D eigenvalue weighted by Crippen LogP contribution is -2.07. The van der Waals surface area contributed by atoms with Gasteiger partial charge in [-0.05, 0) is 30.3 Å². The van der Waals surface area contributed by atoms with Crippen molar-refractivity contribution in [3.05, 3.63) is 81.8 Å². The van der Waals surface area contributed by atoms with Crippen molar-refractivity contribution in [1.29, 1.82) is 0 Å². The van der Waals surface area contributed by atoms with E-state index >= 15 is 0 Å². The summed E-state index contributed by atoms with van der Waals surface area (Å²) < 4.78 is 36.8. The van der Waals surface area contributed by atoms with Crippen LogP contribution in [0.2, 0.25) is 0 Å². The van der Waals surface area contributed by atoms with Crippen LogP contribution >= 0.6 is 11.3 Å². The van der Waals surface area contributed by atoms with E-state index in [0.29, 0.717) is 16.3 Å². The van der Waals surface area contributed by atoms with Crippen molar-refractivity contribution in [3.63, 3.8) is 0 Å². The highest BCUT2D eigenvalue weighted by Gasteiger charge is 2.13. The smallest absolute Gasteiger partial charge is 0.358 e. The Morgan fingerprint density at radius 3 is 2.56 bits per heavy atom. The van der Waals surface area contributed by atoms with Crippen molar-refractivity contribution >= 4 is 17.3 Å². The molecule has 3 rings (SSSR count). The van der Waals surface area contributed by atoms with Gasteiger partial charge in [0.2, 0.25) is 0 Å². The molecule has 0 aliphatic rings. The molecule has 0 unspecified atom stereocenters. The number of rotatable bonds is 6. The average Bonchev–Trinajstić information content (AvgIpc) is 3.09. The van der Waals surface area contributed by atoms with Crippen molar-refractivity contribution < 1.29 is 23.0 Å². The topological polar surface area (TPSA) is 48.4 Å². The molecule has 0 N–H and O–H groups in total. The number of esters is 1. The largest absolute Gasteiger partial charge is 0.486 e. The molecule has 0 radical (unpaired) electrons. The van der Waals surface area contributed by atoms with Gasteiger partial charge in [-0.25, -0.2) is 18.6 Å². The predicted molar refractivity (Wildman–Crippen MR) is 88.4 cm³/mol. The van der Waals surface area contributed by atoms with E-state index in [2.05, 4.69) is 4.98 Å². The first-order valence-corrected chi connectivity index (χ1v) is 8.23. The van der Waals surface area contributed by atoms with Crippen LogP contribution in [0.1, 0.15) is 21.1 Å². The van der Waals surface area contributed by atoms with E-state index < -0.39 is 11.8 Å². The summed E-state index contributed by atoms with van der Waals surface area (Å²) in [5.74, 6) is -0.906. The maximum Gasteiger partial charge on any atom is 0.358 e. The number of aromatic nitrogens is 1. The van der Waals surface area contributed by atoms with Gasteiger partial charge in [0.1, 0.15) is 35.6 Å². The lowest BCUT2D eigenvalue weighted by Gasteiger charge is -2.04. The van der Waals surface area contributed by atoms with Crippen LogP contribution in [0, 0.1) is 11.6 Å². The lowest BCUT2D eigenvalue weighted by atomic mass is 10.2. The molecule has 1 heterocycles. The Morgan fingerprint density at radius 1 is 1.04 bits per heavy atom. The van der Waals surface area contributed by atoms with E-state index in [1.54, 1.807) is 23.6 Å². The molecule has 3 aromatic rings. The Bertz CT molecular complexity index is 865. The van der Waals surface area contributed by atoms with Gasteiger partial charge in [0.25, 0.3) is 0 Å². The molecule has 0 bridgehead atoms. The molecule has 4 nitrogen and oxygen atoms in total. The fourth-order valence-corrected chi connectivity index (χ4v) is 2.65. The van der Waals surface area contributed by atoms with Gasteiger partial charge < -0.3 is 9.47 Å². The molecule has 128 valence electrons. The maximum atomic E-state index is 13.5. The van der Waals surface area contributed by atoms with Gasteiger partial charge >= 0.3 is 5.97 Å². The van der Waals surface area contributed by atoms with E-state index in [1.165, 1.54) is 41.7 Å². The molecule has 0 aliphatic heterocycles. The summed E-state index contributed by atoms with van der Waals surface area (Å²) in [6.07, 6.45) is 0. The van der Waals surface area contributed by atoms with Crippen molar-refractivity contribution in [2.45, 2.75) is 13.2 Å². The van der Waals surface area contributed by atoms with Crippen LogP contribution in [0.15, 0.2) is 53.9 Å². The third kappa shape index (κ3) is 4.60. The van der Waals surface area contributed by atoms with Gasteiger partial charge in [0.15, 0.2) is 5.69 Å². The first-order valence-electron chi connectivity index (χ1n) is 7.35. The lowest BCUT2D eigenvalue weighted by molar-refractivity contribution is 0.0462. The third-order valence-corrected chi connectivity index (χ3v) is 4.08. The zero-order valence-electron chi connectivity index (χ0n) is 12.9. The summed E-state index contributed by atoms with van der Waals surface area (Å²) in [4.78, 5) is 16.1. The number of carbonyl (C=O) groups is 1. The van der Waals surface area contributed by atoms with E-state index in [4.69, 9.17) is 9.47 Å². The normalized spacial score (nSPS) is 10.5. The fraction of sp³-hybridized carbons (Fsp3) is 0.111. The zero-order valence-corrected chi connectivity index (χ0v) is 13.8. The molecule has 7 heteroatoms. The number of benzene rings is 2. The zero-order chi connectivity index (χ0) is 17.6. The monoisotopic (exact) mass is 361 g/mol. The molecule has 0 spiro atoms. The minimum atomic E-state index is -0.632. The van der Waals surface area contributed by atoms with Crippen LogP contribution in [-0.2, 0) is 18.0 Å². The third-order valence-electron chi connectivity index (χ3n) is 3.25. The highest BCUT2D eigenvalue weighted by atomic mass is 32.1. The van der Waals surface area contributed by atoms with Crippen LogP contribution < -0.4 is 4.74 Å². The Hall–Kier alpha value is -2.80. The summed E-state index contributed by atoms with van der Waals surface area (Å²) >= 11 is 1.24. The quantitative estimate of drug-likeness (QED) is 0.612. The molecule has 0 saturated heterocycles. The van der Waals surface area contributed by atoms with Crippen molar-refractivity contribution in [2.75, 3.05) is 0 Å². The predicted octanol–water partition coefficient (Wildman–Crippen LogP) is 4.36. The van der Waals surface area contributed by atoms with E-state index in [1.807, 2.05) is 0 Å². The molecular formula is C18H13F2NO3S. The van der Waals surface area contributed by atoms with Crippen LogP contribution in [0.25, 0.3) is 0 Å². The van der Waals surface area contributed by atoms with Gasteiger partial charge in [-0.2, -0.15) is 0 Å². The van der Waals surface area contributed by atoms with E-state index in [9.17, 15) is 13.6 Å². The molecule has 0 aliphatic carbocycles. The highest BCUT2D eigenvalue weighted by Crippen LogP contribution is 2.17. The van der Waals surface area contributed by atoms with Gasteiger partial charge in [-0.1, -0.05) is 18.2 Å². The second kappa shape index (κ2) is 7.85. The molecule has 1 aromatic heterocycles. The van der Waals surface area contributed by atoms with Crippen molar-refractivity contribution in [3.8, 4) is 5.75 Å². The Kier molecular flexibility index (Phi) is 5.35. The number of halogens is 2. The van der Waals surface area contributed by atoms with Crippen LogP contribution in [0.3, 0.4) is 0 Å². The molecular weight excluding hydrogens is 348 g/mol. The minimum absolute atomic E-state index is 0.138. The number of thiazole rings is 1. The summed E-state index contributed by atoms with van der Waals surface area (Å²) in [5, 5.41) is 2.12. The molecule has 25 heavy (non-hydrogen) atoms. The molecule has 2 aromatic carbocycles. The van der Waals surface area contributed by atoms with E-state index in [0.717, 1.165) is 0 Å². The second-order valence-corrected chi connectivity index (χ2v) is 5.98. The van der Waals surface area contributed by atoms with Crippen molar-refractivity contribution in [1.82, 2.24) is 4.98 Å². The molecule has 0 saturated carbocycles. The fourth-order valence-electron chi connectivity index (χ4n) is 1.98. The molecule has 0 atom stereocenters. The minimum Gasteiger partial charge on any atom is -0.486 e. The van der Waals surface area contributed by atoms with Crippen LogP contribution in [0.4, 0.5) is 8.78 Å². The highest BCUT2D eigenvalue weighted by molar-refractivity contribution is 7.09. The van der Waals surface area contributed by atoms with Crippen LogP contribution in [0.5, 0.6) is 5.75 Å². The van der Waals surface area contributed by atoms with Gasteiger partial charge in [-0.3, -0.25) is 0 Å². The van der Waals surface area contributed by atoms with Gasteiger partial charge in [0, 0.05) is 10.9 Å². The molecule has 0 amide bonds. The molecule has 0 fully saturated rings. The maximum absolute atomic E-state index is 13.5. The van der Waals surface area contributed by atoms with Gasteiger partial charge in [-0.15, -0.1) is 11.3 Å². The Balaban J connectivity index is 1.54. The van der Waals surface area contributed by atoms with Crippen molar-refractivity contribution in [2.24, 2.45) is 0 Å². The Labute approximate surface area is 146 Å². The van der Waals surface area contributed by atoms with Crippen LogP contribution in [-0.4, -0.2) is 11.0 Å². The number of hydrogen-bond acceptors (Lipinski definition) is 5. The first kappa shape index (κ1) is 17.0. The summed E-state index contributed by atoms with van der Waals surface area (Å²) in [6.45, 7) is -0.0126. The average molecular weight is 361 g/mol. The summed E-state index contributed by atoms with van der Waals surface area (Å²) in [6, 6.07) is 11.7. The second-order valence-electron chi connectivity index (χ2n) is 5.04. The van der Waals surface area contributed by atoms with Gasteiger partial charge in [0.05, 0.1) is 0 Å². The first-order chi connectivity index (χ1) is 12.1. The number of nitrogens with zero attached hydrogens (tertiary/aromatic N) is 1. The number of hydrogen-bond donors (Lipinski definition) is 0. The number of carbonyl (C=O) groups excluding carboxylic acids is 1. The van der Waals surface area contributed by atoms with E-state index in [-0.39, 0.29) is 24.7 Å². The standard InChI is InChI=1S/C18H13F2NO3S/c19-13-5-7-14(8-6-13)23-10-17-21-16(11-25-17)18(22)24-9-12-3-1-2-4-15(12)20/h1-8,11H,9-10H2. The summed E-state index contributed by atoms with van der Waals surface area (Å²) in [5.41, 5.74) is 0.435. The Morgan fingerprint density at radius 2 is 1.80 bits per heavy atom. The number of ether oxygens (including phenoxy) is 2.